The summed E-state index contributed by atoms with van der Waals surface area (Å²) in [6.07, 6.45) is -7.22. The van der Waals surface area contributed by atoms with Gasteiger partial charge in [0.25, 0.3) is 0 Å². The molecule has 59 heavy (non-hydrogen) atoms. The maximum Gasteiger partial charge on any atom is 0.200 e. The van der Waals surface area contributed by atoms with Crippen LogP contribution >= 0.6 is 0 Å². The van der Waals surface area contributed by atoms with E-state index < -0.39 is 144 Å². The van der Waals surface area contributed by atoms with Crippen molar-refractivity contribution in [3.63, 3.8) is 0 Å². The van der Waals surface area contributed by atoms with Crippen LogP contribution in [-0.2, 0) is 10.8 Å². The molecule has 5 rings (SSSR count). The summed E-state index contributed by atoms with van der Waals surface area (Å²) in [5.41, 5.74) is -11.3. The summed E-state index contributed by atoms with van der Waals surface area (Å²) in [5, 5.41) is 0. The molecule has 0 aliphatic rings. The molecule has 1 aromatic heterocycles. The van der Waals surface area contributed by atoms with Crippen LogP contribution in [0.4, 0.5) is 87.8 Å². The molecule has 0 saturated heterocycles. The fourth-order valence-corrected chi connectivity index (χ4v) is 6.22. The SMILES string of the molecule is CC(C)(C)c1cccc(C(C)(C)C)[nH+]1.Fc1c(F)c(F)c([B-](c2c(F)c(F)c(F)c(F)c2F)(c2c(F)c(F)c(F)c(F)c2F)c2c(F)c(F)c(F)c(F)c2F)c(F)c1F. The predicted octanol–water partition coefficient (Wildman–Crippen LogP) is 8.94. The molecule has 1 heterocycles. The van der Waals surface area contributed by atoms with Crippen molar-refractivity contribution in [2.24, 2.45) is 0 Å². The summed E-state index contributed by atoms with van der Waals surface area (Å²) in [7, 11) is 0. The molecule has 0 fully saturated rings. The number of halogens is 20. The third-order valence-electron chi connectivity index (χ3n) is 9.12. The fourth-order valence-electron chi connectivity index (χ4n) is 6.22. The second-order valence-corrected chi connectivity index (χ2v) is 14.8. The zero-order chi connectivity index (χ0) is 45.3. The number of hydrogen-bond donors (Lipinski definition) is 0. The van der Waals surface area contributed by atoms with E-state index in [1.54, 1.807) is 0 Å². The lowest BCUT2D eigenvalue weighted by molar-refractivity contribution is -0.414. The molecule has 0 spiro atoms. The topological polar surface area (TPSA) is 14.1 Å². The van der Waals surface area contributed by atoms with E-state index in [-0.39, 0.29) is 10.8 Å². The maximum atomic E-state index is 15.4. The van der Waals surface area contributed by atoms with Crippen LogP contribution in [0.1, 0.15) is 52.9 Å². The van der Waals surface area contributed by atoms with Crippen molar-refractivity contribution in [3.8, 4) is 0 Å². The van der Waals surface area contributed by atoms with Crippen LogP contribution < -0.4 is 26.8 Å². The van der Waals surface area contributed by atoms with Gasteiger partial charge in [-0.1, -0.05) is 41.5 Å². The number of benzene rings is 4. The van der Waals surface area contributed by atoms with Crippen molar-refractivity contribution in [2.75, 3.05) is 0 Å². The smallest absolute Gasteiger partial charge is 0.200 e. The highest BCUT2D eigenvalue weighted by Crippen LogP contribution is 2.31. The highest BCUT2D eigenvalue weighted by molar-refractivity contribution is 7.20. The van der Waals surface area contributed by atoms with Crippen LogP contribution in [0.25, 0.3) is 0 Å². The molecule has 318 valence electrons. The summed E-state index contributed by atoms with van der Waals surface area (Å²) in [6, 6.07) is 6.46. The number of aromatic amines is 1. The van der Waals surface area contributed by atoms with Crippen molar-refractivity contribution in [2.45, 2.75) is 52.4 Å². The quantitative estimate of drug-likeness (QED) is 0.0742. The number of pyridine rings is 1. The Bertz CT molecular complexity index is 2110. The lowest BCUT2D eigenvalue weighted by Gasteiger charge is -2.44. The van der Waals surface area contributed by atoms with Gasteiger partial charge in [0.1, 0.15) is 52.7 Å². The van der Waals surface area contributed by atoms with E-state index in [1.807, 2.05) is 0 Å². The minimum atomic E-state index is -7.22. The number of H-pyrrole nitrogens is 1. The van der Waals surface area contributed by atoms with Gasteiger partial charge in [0, 0.05) is 23.0 Å². The molecule has 1 N–H and O–H groups in total. The van der Waals surface area contributed by atoms with E-state index >= 15 is 35.1 Å². The van der Waals surface area contributed by atoms with Crippen molar-refractivity contribution in [1.29, 1.82) is 0 Å². The van der Waals surface area contributed by atoms with Crippen LogP contribution in [0, 0.1) is 116 Å². The third kappa shape index (κ3) is 7.25. The Morgan fingerprint density at radius 1 is 0.288 bits per heavy atom. The lowest BCUT2D eigenvalue weighted by Crippen LogP contribution is -2.81. The van der Waals surface area contributed by atoms with Crippen molar-refractivity contribution in [3.05, 3.63) is 146 Å². The van der Waals surface area contributed by atoms with E-state index in [4.69, 9.17) is 0 Å². The van der Waals surface area contributed by atoms with E-state index in [2.05, 4.69) is 64.7 Å². The normalized spacial score (nSPS) is 12.2. The van der Waals surface area contributed by atoms with Gasteiger partial charge in [-0.15, -0.1) is 21.9 Å². The first-order valence-corrected chi connectivity index (χ1v) is 16.2. The molecular weight excluding hydrogens is 849 g/mol. The van der Waals surface area contributed by atoms with Crippen molar-refractivity contribution < 1.29 is 92.8 Å². The number of nitrogens with one attached hydrogen (secondary N) is 1. The second kappa shape index (κ2) is 15.7. The van der Waals surface area contributed by atoms with Crippen molar-refractivity contribution in [1.82, 2.24) is 0 Å². The van der Waals surface area contributed by atoms with Crippen molar-refractivity contribution >= 4 is 28.0 Å². The first kappa shape index (κ1) is 46.4. The molecule has 1 nitrogen and oxygen atoms in total. The van der Waals surface area contributed by atoms with Crippen LogP contribution in [-0.4, -0.2) is 6.15 Å². The molecule has 0 unspecified atom stereocenters. The number of rotatable bonds is 4. The van der Waals surface area contributed by atoms with Crippen LogP contribution in [0.5, 0.6) is 0 Å². The lowest BCUT2D eigenvalue weighted by atomic mass is 9.12. The van der Waals surface area contributed by atoms with Gasteiger partial charge in [0.15, 0.2) is 81.2 Å². The standard InChI is InChI=1S/C24BF20.C13H21N/c26-5-1(6(27)14(35)21(42)13(5)34)25(2-7(28)15(36)22(43)16(37)8(2)29,3-9(30)17(38)23(44)18(39)10(3)31)4-11(32)19(40)24(45)20(41)12(4)33;1-12(2,3)10-8-7-9-11(14-10)13(4,5)6/h;7-9H,1-6H3/q-1;/p+1. The Morgan fingerprint density at radius 3 is 0.593 bits per heavy atom. The van der Waals surface area contributed by atoms with Gasteiger partial charge in [0.2, 0.25) is 0 Å². The van der Waals surface area contributed by atoms with Crippen LogP contribution in [0.2, 0.25) is 0 Å². The van der Waals surface area contributed by atoms with Gasteiger partial charge in [-0.2, -0.15) is 0 Å². The summed E-state index contributed by atoms with van der Waals surface area (Å²) in [5.74, 6) is -71.4. The molecule has 0 saturated carbocycles. The monoisotopic (exact) mass is 871 g/mol. The highest BCUT2D eigenvalue weighted by Gasteiger charge is 2.52. The summed E-state index contributed by atoms with van der Waals surface area (Å²) in [6.45, 7) is 13.4. The Morgan fingerprint density at radius 2 is 0.441 bits per heavy atom. The zero-order valence-corrected chi connectivity index (χ0v) is 30.4. The van der Waals surface area contributed by atoms with E-state index in [9.17, 15) is 52.7 Å². The molecule has 0 bridgehead atoms. The largest absolute Gasteiger partial charge is 0.212 e. The molecular formula is C37H22BF20N. The van der Waals surface area contributed by atoms with Crippen LogP contribution in [0.15, 0.2) is 18.2 Å². The first-order valence-electron chi connectivity index (χ1n) is 16.2. The molecule has 4 aromatic carbocycles. The third-order valence-corrected chi connectivity index (χ3v) is 9.12. The molecule has 0 atom stereocenters. The Labute approximate surface area is 319 Å². The average Bonchev–Trinajstić information content (AvgIpc) is 3.17. The maximum absolute atomic E-state index is 15.4. The number of aromatic nitrogens is 1. The highest BCUT2D eigenvalue weighted by atomic mass is 19.2. The van der Waals surface area contributed by atoms with Gasteiger partial charge in [-0.25, -0.2) is 92.8 Å². The van der Waals surface area contributed by atoms with E-state index in [1.165, 1.54) is 11.4 Å². The molecule has 5 aromatic rings. The zero-order valence-electron chi connectivity index (χ0n) is 30.4. The van der Waals surface area contributed by atoms with Gasteiger partial charge >= 0.3 is 0 Å². The Kier molecular flexibility index (Phi) is 12.3. The molecule has 0 radical (unpaired) electrons. The molecule has 0 aliphatic heterocycles. The van der Waals surface area contributed by atoms with Gasteiger partial charge in [-0.05, 0) is 6.07 Å². The second-order valence-electron chi connectivity index (χ2n) is 14.8. The molecule has 0 amide bonds. The van der Waals surface area contributed by atoms with E-state index in [0.717, 1.165) is 0 Å². The Balaban J connectivity index is 0.000000464. The predicted molar refractivity (Wildman–Crippen MR) is 170 cm³/mol. The number of hydrogen-bond acceptors (Lipinski definition) is 0. The molecule has 0 aliphatic carbocycles. The van der Waals surface area contributed by atoms with Gasteiger partial charge in [-0.3, -0.25) is 0 Å². The van der Waals surface area contributed by atoms with Crippen LogP contribution in [0.3, 0.4) is 0 Å². The average molecular weight is 871 g/mol. The summed E-state index contributed by atoms with van der Waals surface area (Å²) < 4.78 is 294. The van der Waals surface area contributed by atoms with Gasteiger partial charge < -0.3 is 0 Å². The van der Waals surface area contributed by atoms with E-state index in [0.29, 0.717) is 0 Å². The minimum absolute atomic E-state index is 0.196. The fraction of sp³-hybridized carbons (Fsp3) is 0.216. The minimum Gasteiger partial charge on any atom is -0.212 e. The summed E-state index contributed by atoms with van der Waals surface area (Å²) >= 11 is 0. The summed E-state index contributed by atoms with van der Waals surface area (Å²) in [4.78, 5) is 3.52. The first-order chi connectivity index (χ1) is 26.9. The molecule has 22 heteroatoms. The Hall–Kier alpha value is -5.31. The van der Waals surface area contributed by atoms with Gasteiger partial charge in [0.05, 0.1) is 0 Å².